The highest BCUT2D eigenvalue weighted by atomic mass is 32.1. The molecule has 0 aromatic carbocycles. The molecule has 0 spiro atoms. The van der Waals surface area contributed by atoms with Gasteiger partial charge in [0.15, 0.2) is 0 Å². The van der Waals surface area contributed by atoms with Crippen LogP contribution in [-0.2, 0) is 12.8 Å². The van der Waals surface area contributed by atoms with E-state index in [0.717, 1.165) is 12.3 Å². The summed E-state index contributed by atoms with van der Waals surface area (Å²) in [7, 11) is 0. The van der Waals surface area contributed by atoms with Crippen LogP contribution in [0.25, 0.3) is 0 Å². The smallest absolute Gasteiger partial charge is 0.0392 e. The van der Waals surface area contributed by atoms with Gasteiger partial charge in [0, 0.05) is 15.8 Å². The number of thiophene rings is 1. The highest BCUT2D eigenvalue weighted by molar-refractivity contribution is 7.12. The maximum Gasteiger partial charge on any atom is 0.0392 e. The monoisotopic (exact) mass is 237 g/mol. The van der Waals surface area contributed by atoms with E-state index in [0.29, 0.717) is 0 Å². The molecule has 0 amide bonds. The highest BCUT2D eigenvalue weighted by Gasteiger charge is 2.19. The lowest BCUT2D eigenvalue weighted by Gasteiger charge is -2.15. The molecule has 2 heteroatoms. The first-order valence-corrected chi connectivity index (χ1v) is 7.39. The molecule has 1 nitrogen and oxygen atoms in total. The number of aryl methyl sites for hydroxylation is 2. The number of hydrogen-bond donors (Lipinski definition) is 1. The van der Waals surface area contributed by atoms with Crippen LogP contribution in [0.1, 0.15) is 60.9 Å². The first-order chi connectivity index (χ1) is 7.70. The zero-order chi connectivity index (χ0) is 11.5. The Hall–Kier alpha value is -0.340. The second-order valence-corrected chi connectivity index (χ2v) is 6.36. The van der Waals surface area contributed by atoms with Crippen LogP contribution in [0.5, 0.6) is 0 Å². The Bertz CT molecular complexity index is 321. The Kier molecular flexibility index (Phi) is 4.04. The fourth-order valence-electron chi connectivity index (χ4n) is 2.70. The van der Waals surface area contributed by atoms with Gasteiger partial charge < -0.3 is 5.73 Å². The summed E-state index contributed by atoms with van der Waals surface area (Å²) < 4.78 is 0. The summed E-state index contributed by atoms with van der Waals surface area (Å²) in [6.45, 7) is 4.58. The topological polar surface area (TPSA) is 26.0 Å². The second kappa shape index (κ2) is 5.33. The van der Waals surface area contributed by atoms with E-state index in [1.54, 1.807) is 10.4 Å². The first kappa shape index (κ1) is 12.1. The van der Waals surface area contributed by atoms with Gasteiger partial charge in [0.25, 0.3) is 0 Å². The lowest BCUT2D eigenvalue weighted by Crippen LogP contribution is -2.12. The first-order valence-electron chi connectivity index (χ1n) is 6.57. The molecular formula is C14H23NS. The highest BCUT2D eigenvalue weighted by Crippen LogP contribution is 2.35. The Labute approximate surface area is 103 Å². The maximum atomic E-state index is 6.30. The third kappa shape index (κ3) is 2.67. The summed E-state index contributed by atoms with van der Waals surface area (Å²) in [4.78, 5) is 3.03. The van der Waals surface area contributed by atoms with Gasteiger partial charge in [0.1, 0.15) is 0 Å². The molecule has 2 atom stereocenters. The van der Waals surface area contributed by atoms with E-state index in [4.69, 9.17) is 5.73 Å². The molecule has 1 aromatic rings. The second-order valence-electron chi connectivity index (χ2n) is 5.19. The van der Waals surface area contributed by atoms with Crippen molar-refractivity contribution in [3.8, 4) is 0 Å². The Morgan fingerprint density at radius 2 is 2.25 bits per heavy atom. The Balaban J connectivity index is 1.95. The van der Waals surface area contributed by atoms with Gasteiger partial charge in [-0.3, -0.25) is 0 Å². The molecule has 0 aliphatic heterocycles. The molecule has 1 aromatic heterocycles. The van der Waals surface area contributed by atoms with Gasteiger partial charge in [0.2, 0.25) is 0 Å². The van der Waals surface area contributed by atoms with Crippen molar-refractivity contribution in [2.24, 2.45) is 11.7 Å². The van der Waals surface area contributed by atoms with Crippen molar-refractivity contribution < 1.29 is 0 Å². The van der Waals surface area contributed by atoms with Crippen LogP contribution in [-0.4, -0.2) is 0 Å². The van der Waals surface area contributed by atoms with E-state index in [1.165, 1.54) is 37.0 Å². The number of nitrogens with two attached hydrogens (primary N) is 1. The van der Waals surface area contributed by atoms with E-state index in [2.05, 4.69) is 19.9 Å². The molecule has 16 heavy (non-hydrogen) atoms. The van der Waals surface area contributed by atoms with Crippen LogP contribution in [0.3, 0.4) is 0 Å². The van der Waals surface area contributed by atoms with Gasteiger partial charge in [-0.1, -0.05) is 26.7 Å². The fourth-order valence-corrected chi connectivity index (χ4v) is 3.97. The van der Waals surface area contributed by atoms with Crippen molar-refractivity contribution in [1.29, 1.82) is 0 Å². The zero-order valence-corrected chi connectivity index (χ0v) is 11.3. The van der Waals surface area contributed by atoms with Crippen LogP contribution < -0.4 is 5.73 Å². The largest absolute Gasteiger partial charge is 0.323 e. The molecule has 0 saturated heterocycles. The summed E-state index contributed by atoms with van der Waals surface area (Å²) in [5.41, 5.74) is 7.88. The molecule has 90 valence electrons. The van der Waals surface area contributed by atoms with Gasteiger partial charge in [-0.25, -0.2) is 0 Å². The molecule has 2 N–H and O–H groups in total. The van der Waals surface area contributed by atoms with Crippen LogP contribution in [0.4, 0.5) is 0 Å². The standard InChI is InChI=1S/C14H23NS/c1-3-5-10(2)8-12(15)14-9-11-6-4-7-13(11)16-14/h9-10,12H,3-8,15H2,1-2H3. The van der Waals surface area contributed by atoms with Gasteiger partial charge in [-0.15, -0.1) is 11.3 Å². The van der Waals surface area contributed by atoms with Crippen LogP contribution in [0, 0.1) is 5.92 Å². The van der Waals surface area contributed by atoms with E-state index in [1.807, 2.05) is 11.3 Å². The normalized spacial score (nSPS) is 18.4. The number of fused-ring (bicyclic) bond motifs is 1. The SMILES string of the molecule is CCCC(C)CC(N)c1cc2c(s1)CCC2. The van der Waals surface area contributed by atoms with Crippen molar-refractivity contribution in [3.63, 3.8) is 0 Å². The molecule has 0 fully saturated rings. The molecule has 0 radical (unpaired) electrons. The summed E-state index contributed by atoms with van der Waals surface area (Å²) >= 11 is 1.97. The van der Waals surface area contributed by atoms with Crippen molar-refractivity contribution in [1.82, 2.24) is 0 Å². The predicted molar refractivity (Wildman–Crippen MR) is 72.0 cm³/mol. The lowest BCUT2D eigenvalue weighted by molar-refractivity contribution is 0.443. The summed E-state index contributed by atoms with van der Waals surface area (Å²) in [6.07, 6.45) is 7.64. The molecule has 1 heterocycles. The Morgan fingerprint density at radius 3 is 2.94 bits per heavy atom. The maximum absolute atomic E-state index is 6.30. The molecule has 1 aliphatic rings. The summed E-state index contributed by atoms with van der Waals surface area (Å²) in [5.74, 6) is 0.761. The van der Waals surface area contributed by atoms with Crippen LogP contribution >= 0.6 is 11.3 Å². The molecular weight excluding hydrogens is 214 g/mol. The Morgan fingerprint density at radius 1 is 1.44 bits per heavy atom. The predicted octanol–water partition coefficient (Wildman–Crippen LogP) is 4.06. The third-order valence-corrected chi connectivity index (χ3v) is 4.94. The minimum absolute atomic E-state index is 0.275. The molecule has 1 aliphatic carbocycles. The summed E-state index contributed by atoms with van der Waals surface area (Å²) in [6, 6.07) is 2.65. The fraction of sp³-hybridized carbons (Fsp3) is 0.714. The lowest BCUT2D eigenvalue weighted by atomic mass is 9.97. The minimum Gasteiger partial charge on any atom is -0.323 e. The van der Waals surface area contributed by atoms with Gasteiger partial charge in [0.05, 0.1) is 0 Å². The van der Waals surface area contributed by atoms with Crippen molar-refractivity contribution in [3.05, 3.63) is 21.4 Å². The average Bonchev–Trinajstić information content (AvgIpc) is 2.76. The quantitative estimate of drug-likeness (QED) is 0.821. The van der Waals surface area contributed by atoms with E-state index in [9.17, 15) is 0 Å². The van der Waals surface area contributed by atoms with Crippen LogP contribution in [0.2, 0.25) is 0 Å². The average molecular weight is 237 g/mol. The number of rotatable bonds is 5. The van der Waals surface area contributed by atoms with Gasteiger partial charge in [-0.2, -0.15) is 0 Å². The minimum atomic E-state index is 0.275. The van der Waals surface area contributed by atoms with E-state index in [-0.39, 0.29) is 6.04 Å². The van der Waals surface area contributed by atoms with Crippen molar-refractivity contribution >= 4 is 11.3 Å². The molecule has 2 rings (SSSR count). The molecule has 2 unspecified atom stereocenters. The van der Waals surface area contributed by atoms with Crippen LogP contribution in [0.15, 0.2) is 6.07 Å². The van der Waals surface area contributed by atoms with Gasteiger partial charge >= 0.3 is 0 Å². The molecule has 0 saturated carbocycles. The van der Waals surface area contributed by atoms with Gasteiger partial charge in [-0.05, 0) is 43.2 Å². The third-order valence-electron chi connectivity index (χ3n) is 3.57. The zero-order valence-electron chi connectivity index (χ0n) is 10.5. The summed E-state index contributed by atoms with van der Waals surface area (Å²) in [5, 5.41) is 0. The van der Waals surface area contributed by atoms with E-state index < -0.39 is 0 Å². The van der Waals surface area contributed by atoms with Crippen molar-refractivity contribution in [2.45, 2.75) is 58.4 Å². The van der Waals surface area contributed by atoms with Crippen molar-refractivity contribution in [2.75, 3.05) is 0 Å². The number of hydrogen-bond acceptors (Lipinski definition) is 2. The van der Waals surface area contributed by atoms with E-state index >= 15 is 0 Å². The molecule has 0 bridgehead atoms.